The fraction of sp³-hybridized carbons (Fsp3) is 0.367. The highest BCUT2D eigenvalue weighted by atomic mass is 15.3. The number of aliphatic imine (C=N–C) groups is 1. The van der Waals surface area contributed by atoms with Gasteiger partial charge in [0.05, 0.1) is 17.3 Å². The van der Waals surface area contributed by atoms with E-state index in [-0.39, 0.29) is 5.54 Å². The summed E-state index contributed by atoms with van der Waals surface area (Å²) < 4.78 is 0. The molecule has 0 N–H and O–H groups in total. The molecule has 0 amide bonds. The number of rotatable bonds is 9. The second kappa shape index (κ2) is 12.6. The van der Waals surface area contributed by atoms with Crippen LogP contribution >= 0.6 is 0 Å². The molecule has 0 aromatic carbocycles. The fourth-order valence-corrected chi connectivity index (χ4v) is 3.92. The molecule has 1 aliphatic heterocycles. The van der Waals surface area contributed by atoms with Gasteiger partial charge in [0.15, 0.2) is 0 Å². The molecule has 0 saturated heterocycles. The molecule has 0 fully saturated rings. The van der Waals surface area contributed by atoms with Crippen molar-refractivity contribution in [2.24, 2.45) is 4.99 Å². The van der Waals surface area contributed by atoms with Crippen molar-refractivity contribution >= 4 is 5.84 Å². The smallest absolute Gasteiger partial charge is 0.142 e. The maximum Gasteiger partial charge on any atom is 0.142 e. The van der Waals surface area contributed by atoms with Crippen LogP contribution in [-0.4, -0.2) is 16.3 Å². The number of hydrogen-bond acceptors (Lipinski definition) is 3. The Morgan fingerprint density at radius 3 is 2.48 bits per heavy atom. The number of amidine groups is 1. The highest BCUT2D eigenvalue weighted by molar-refractivity contribution is 6.03. The van der Waals surface area contributed by atoms with Crippen LogP contribution in [0.1, 0.15) is 67.2 Å². The molecular weight excluding hydrogens is 402 g/mol. The van der Waals surface area contributed by atoms with Crippen LogP contribution in [-0.2, 0) is 0 Å². The van der Waals surface area contributed by atoms with Crippen LogP contribution in [0.15, 0.2) is 106 Å². The van der Waals surface area contributed by atoms with Crippen molar-refractivity contribution in [3.8, 4) is 6.07 Å². The van der Waals surface area contributed by atoms with Crippen LogP contribution in [0.4, 0.5) is 0 Å². The number of hydrogen-bond donors (Lipinski definition) is 0. The summed E-state index contributed by atoms with van der Waals surface area (Å²) in [6.07, 6.45) is 26.5. The van der Waals surface area contributed by atoms with Gasteiger partial charge < -0.3 is 4.90 Å². The lowest BCUT2D eigenvalue weighted by atomic mass is 9.86. The SMILES string of the molecule is C/C=C\CC1=C=C(C(/C=C\CC)=C/CC)N=C(C(/C=C\C)=C/C)N1C1(C)C=CC(C#N)=CC1. The minimum Gasteiger partial charge on any atom is -0.313 e. The number of nitrogens with zero attached hydrogens (tertiary/aromatic N) is 3. The summed E-state index contributed by atoms with van der Waals surface area (Å²) in [4.78, 5) is 7.49. The zero-order valence-electron chi connectivity index (χ0n) is 21.0. The third-order valence-electron chi connectivity index (χ3n) is 5.65. The van der Waals surface area contributed by atoms with Crippen molar-refractivity contribution < 1.29 is 0 Å². The second-order valence-electron chi connectivity index (χ2n) is 8.25. The monoisotopic (exact) mass is 439 g/mol. The highest BCUT2D eigenvalue weighted by Crippen LogP contribution is 2.36. The third-order valence-corrected chi connectivity index (χ3v) is 5.65. The topological polar surface area (TPSA) is 39.4 Å². The summed E-state index contributed by atoms with van der Waals surface area (Å²) in [5.41, 5.74) is 8.12. The van der Waals surface area contributed by atoms with Gasteiger partial charge in [0.25, 0.3) is 0 Å². The van der Waals surface area contributed by atoms with E-state index < -0.39 is 0 Å². The molecule has 2 aliphatic rings. The standard InChI is InChI=1S/C30H37N3/c1-7-12-16-26(15-10-4)28-22-27(17-13-8-2)33(29(32-28)25(11-5)14-9-3)30(6)20-18-24(23-31)19-21-30/h8-9,11-16,18-20H,7,10,17,21H2,1-6H3/b13-8-,14-9-,16-12-,25-11+,26-15+. The summed E-state index contributed by atoms with van der Waals surface area (Å²) in [6.45, 7) is 12.6. The molecule has 0 radical (unpaired) electrons. The Hall–Kier alpha value is -3.34. The molecule has 0 bridgehead atoms. The Labute approximate surface area is 200 Å². The van der Waals surface area contributed by atoms with E-state index in [1.165, 1.54) is 0 Å². The minimum atomic E-state index is -0.349. The third kappa shape index (κ3) is 6.35. The van der Waals surface area contributed by atoms with E-state index in [1.54, 1.807) is 0 Å². The van der Waals surface area contributed by atoms with E-state index in [2.05, 4.69) is 99.1 Å². The van der Waals surface area contributed by atoms with Gasteiger partial charge in [-0.1, -0.05) is 80.3 Å². The molecule has 1 atom stereocenters. The zero-order chi connectivity index (χ0) is 24.3. The molecule has 1 aliphatic carbocycles. The van der Waals surface area contributed by atoms with Crippen molar-refractivity contribution in [3.05, 3.63) is 101 Å². The number of nitriles is 1. The lowest BCUT2D eigenvalue weighted by molar-refractivity contribution is 0.296. The molecule has 33 heavy (non-hydrogen) atoms. The Bertz CT molecular complexity index is 1070. The molecule has 3 heteroatoms. The molecule has 0 saturated carbocycles. The van der Waals surface area contributed by atoms with Crippen LogP contribution < -0.4 is 0 Å². The van der Waals surface area contributed by atoms with E-state index >= 15 is 0 Å². The van der Waals surface area contributed by atoms with Crippen LogP contribution in [0.25, 0.3) is 0 Å². The predicted molar refractivity (Wildman–Crippen MR) is 141 cm³/mol. The molecule has 0 aromatic rings. The number of allylic oxidation sites excluding steroid dienone is 8. The first-order chi connectivity index (χ1) is 16.0. The summed E-state index contributed by atoms with van der Waals surface area (Å²) in [7, 11) is 0. The van der Waals surface area contributed by atoms with Gasteiger partial charge in [-0.15, -0.1) is 0 Å². The molecule has 172 valence electrons. The van der Waals surface area contributed by atoms with Gasteiger partial charge in [-0.2, -0.15) is 5.26 Å². The van der Waals surface area contributed by atoms with Crippen LogP contribution in [0.5, 0.6) is 0 Å². The molecule has 0 aromatic heterocycles. The van der Waals surface area contributed by atoms with Crippen molar-refractivity contribution in [3.63, 3.8) is 0 Å². The lowest BCUT2D eigenvalue weighted by Gasteiger charge is -2.44. The average Bonchev–Trinajstić information content (AvgIpc) is 2.83. The van der Waals surface area contributed by atoms with E-state index in [9.17, 15) is 5.26 Å². The Morgan fingerprint density at radius 1 is 1.15 bits per heavy atom. The highest BCUT2D eigenvalue weighted by Gasteiger charge is 2.37. The summed E-state index contributed by atoms with van der Waals surface area (Å²) in [5, 5.41) is 9.34. The van der Waals surface area contributed by atoms with E-state index in [0.717, 1.165) is 54.1 Å². The first-order valence-corrected chi connectivity index (χ1v) is 11.9. The molecule has 1 heterocycles. The van der Waals surface area contributed by atoms with Gasteiger partial charge in [0.1, 0.15) is 11.5 Å². The van der Waals surface area contributed by atoms with Gasteiger partial charge in [-0.25, -0.2) is 4.99 Å². The predicted octanol–water partition coefficient (Wildman–Crippen LogP) is 8.03. The van der Waals surface area contributed by atoms with E-state index in [4.69, 9.17) is 4.99 Å². The van der Waals surface area contributed by atoms with Gasteiger partial charge in [-0.3, -0.25) is 0 Å². The Kier molecular flexibility index (Phi) is 9.92. The molecule has 3 nitrogen and oxygen atoms in total. The van der Waals surface area contributed by atoms with Crippen LogP contribution in [0.3, 0.4) is 0 Å². The molecule has 2 rings (SSSR count). The van der Waals surface area contributed by atoms with Crippen LogP contribution in [0, 0.1) is 11.3 Å². The van der Waals surface area contributed by atoms with Crippen LogP contribution in [0.2, 0.25) is 0 Å². The first-order valence-electron chi connectivity index (χ1n) is 11.9. The van der Waals surface area contributed by atoms with Gasteiger partial charge in [0, 0.05) is 23.1 Å². The van der Waals surface area contributed by atoms with Crippen molar-refractivity contribution in [2.45, 2.75) is 72.8 Å². The Balaban J connectivity index is 2.81. The fourth-order valence-electron chi connectivity index (χ4n) is 3.92. The van der Waals surface area contributed by atoms with Crippen molar-refractivity contribution in [2.75, 3.05) is 0 Å². The average molecular weight is 440 g/mol. The summed E-state index contributed by atoms with van der Waals surface area (Å²) in [5.74, 6) is 0.914. The largest absolute Gasteiger partial charge is 0.313 e. The molecular formula is C30H37N3. The maximum absolute atomic E-state index is 9.34. The first kappa shape index (κ1) is 25.9. The molecule has 1 unspecified atom stereocenters. The second-order valence-corrected chi connectivity index (χ2v) is 8.25. The quantitative estimate of drug-likeness (QED) is 0.207. The van der Waals surface area contributed by atoms with Gasteiger partial charge >= 0.3 is 0 Å². The van der Waals surface area contributed by atoms with Crippen molar-refractivity contribution in [1.29, 1.82) is 5.26 Å². The summed E-state index contributed by atoms with van der Waals surface area (Å²) >= 11 is 0. The Morgan fingerprint density at radius 2 is 1.94 bits per heavy atom. The minimum absolute atomic E-state index is 0.349. The van der Waals surface area contributed by atoms with Gasteiger partial charge in [0.2, 0.25) is 0 Å². The summed E-state index contributed by atoms with van der Waals surface area (Å²) in [6, 6.07) is 2.26. The maximum atomic E-state index is 9.34. The normalized spacial score (nSPS) is 22.0. The lowest BCUT2D eigenvalue weighted by Crippen LogP contribution is -2.49. The van der Waals surface area contributed by atoms with E-state index in [1.807, 2.05) is 26.0 Å². The van der Waals surface area contributed by atoms with Crippen molar-refractivity contribution in [1.82, 2.24) is 4.90 Å². The van der Waals surface area contributed by atoms with Gasteiger partial charge in [-0.05, 0) is 53.0 Å². The molecule has 0 spiro atoms. The van der Waals surface area contributed by atoms with E-state index in [0.29, 0.717) is 5.57 Å². The zero-order valence-corrected chi connectivity index (χ0v) is 21.0.